The number of aliphatic hydroxyl groups excluding tert-OH is 1. The summed E-state index contributed by atoms with van der Waals surface area (Å²) in [5.74, 6) is -3.18. The first-order valence-corrected chi connectivity index (χ1v) is 13.2. The molecular weight excluding hydrogens is 520 g/mol. The quantitative estimate of drug-likeness (QED) is 0.0810. The first-order chi connectivity index (χ1) is 19.0. The summed E-state index contributed by atoms with van der Waals surface area (Å²) in [7, 11) is 0. The molecule has 218 valence electrons. The van der Waals surface area contributed by atoms with Crippen molar-refractivity contribution in [2.45, 2.75) is 69.3 Å². The van der Waals surface area contributed by atoms with Crippen molar-refractivity contribution < 1.29 is 29.4 Å². The topological polar surface area (TPSA) is 242 Å². The summed E-state index contributed by atoms with van der Waals surface area (Å²) in [6.07, 6.45) is 1.91. The third-order valence-electron chi connectivity index (χ3n) is 6.94. The summed E-state index contributed by atoms with van der Waals surface area (Å²) in [5.41, 5.74) is 18.1. The van der Waals surface area contributed by atoms with E-state index in [0.717, 1.165) is 16.5 Å². The molecule has 0 radical (unpaired) electrons. The number of nitrogens with zero attached hydrogens (tertiary/aromatic N) is 2. The maximum atomic E-state index is 13.6. The Labute approximate surface area is 231 Å². The van der Waals surface area contributed by atoms with Crippen molar-refractivity contribution in [3.05, 3.63) is 36.0 Å². The van der Waals surface area contributed by atoms with E-state index in [0.29, 0.717) is 19.3 Å². The molecule has 1 aliphatic heterocycles. The largest absolute Gasteiger partial charge is 0.480 e. The third kappa shape index (κ3) is 7.70. The van der Waals surface area contributed by atoms with Gasteiger partial charge in [0.15, 0.2) is 5.96 Å². The molecule has 1 fully saturated rings. The number of carbonyl (C=O) groups excluding carboxylic acids is 3. The summed E-state index contributed by atoms with van der Waals surface area (Å²) in [6.45, 7) is 1.80. The molecule has 2 heterocycles. The van der Waals surface area contributed by atoms with Crippen molar-refractivity contribution >= 4 is 40.6 Å². The summed E-state index contributed by atoms with van der Waals surface area (Å²) in [6, 6.07) is 2.93. The molecule has 3 rings (SSSR count). The molecule has 1 saturated heterocycles. The van der Waals surface area contributed by atoms with Crippen LogP contribution in [-0.4, -0.2) is 93.1 Å². The third-order valence-corrected chi connectivity index (χ3v) is 6.94. The number of nitrogens with two attached hydrogens (primary N) is 3. The number of carboxylic acid groups (broad SMARTS) is 1. The van der Waals surface area contributed by atoms with Crippen molar-refractivity contribution in [2.75, 3.05) is 13.1 Å². The first kappa shape index (κ1) is 30.4. The van der Waals surface area contributed by atoms with Crippen LogP contribution >= 0.6 is 0 Å². The van der Waals surface area contributed by atoms with Crippen molar-refractivity contribution in [3.63, 3.8) is 0 Å². The van der Waals surface area contributed by atoms with Crippen LogP contribution in [0.5, 0.6) is 0 Å². The fourth-order valence-electron chi connectivity index (χ4n) is 4.74. The van der Waals surface area contributed by atoms with Gasteiger partial charge in [-0.2, -0.15) is 0 Å². The number of H-pyrrole nitrogens is 1. The number of aliphatic imine (C=N–C) groups is 1. The van der Waals surface area contributed by atoms with Crippen LogP contribution in [0, 0.1) is 0 Å². The molecule has 1 aromatic heterocycles. The Morgan fingerprint density at radius 3 is 2.52 bits per heavy atom. The van der Waals surface area contributed by atoms with E-state index < -0.39 is 54.0 Å². The molecule has 5 unspecified atom stereocenters. The number of aliphatic carboxylic acids is 1. The highest BCUT2D eigenvalue weighted by Crippen LogP contribution is 2.21. The van der Waals surface area contributed by atoms with Gasteiger partial charge in [0.2, 0.25) is 17.7 Å². The number of aromatic nitrogens is 1. The van der Waals surface area contributed by atoms with Crippen molar-refractivity contribution in [3.8, 4) is 0 Å². The van der Waals surface area contributed by atoms with E-state index in [4.69, 9.17) is 17.2 Å². The molecule has 0 aliphatic carbocycles. The lowest BCUT2D eigenvalue weighted by molar-refractivity contribution is -0.149. The Bertz CT molecular complexity index is 1240. The van der Waals surface area contributed by atoms with Gasteiger partial charge in [0, 0.05) is 36.6 Å². The average Bonchev–Trinajstić information content (AvgIpc) is 3.56. The molecule has 0 spiro atoms. The van der Waals surface area contributed by atoms with Crippen LogP contribution in [-0.2, 0) is 25.6 Å². The number of hydrogen-bond acceptors (Lipinski definition) is 7. The predicted molar refractivity (Wildman–Crippen MR) is 148 cm³/mol. The second-order valence-electron chi connectivity index (χ2n) is 9.93. The molecular formula is C26H38N8O6. The highest BCUT2D eigenvalue weighted by atomic mass is 16.4. The molecule has 11 N–H and O–H groups in total. The fourth-order valence-corrected chi connectivity index (χ4v) is 4.74. The first-order valence-electron chi connectivity index (χ1n) is 13.2. The lowest BCUT2D eigenvalue weighted by atomic mass is 10.0. The van der Waals surface area contributed by atoms with Crippen molar-refractivity contribution in [2.24, 2.45) is 22.2 Å². The van der Waals surface area contributed by atoms with Crippen molar-refractivity contribution in [1.82, 2.24) is 20.5 Å². The highest BCUT2D eigenvalue weighted by Gasteiger charge is 2.38. The van der Waals surface area contributed by atoms with Gasteiger partial charge in [0.1, 0.15) is 24.2 Å². The SMILES string of the molecule is CC(O)C(N)C(=O)NC(Cc1c[nH]c2ccccc12)C(=O)NC(CCCN=C(N)N)C(=O)N1CCCC1C(=O)O. The lowest BCUT2D eigenvalue weighted by Gasteiger charge is -2.29. The summed E-state index contributed by atoms with van der Waals surface area (Å²) in [4.78, 5) is 59.9. The highest BCUT2D eigenvalue weighted by molar-refractivity contribution is 5.95. The Morgan fingerprint density at radius 2 is 1.85 bits per heavy atom. The summed E-state index contributed by atoms with van der Waals surface area (Å²) < 4.78 is 0. The Kier molecular flexibility index (Phi) is 10.4. The smallest absolute Gasteiger partial charge is 0.326 e. The van der Waals surface area contributed by atoms with Gasteiger partial charge in [-0.3, -0.25) is 19.4 Å². The molecule has 0 saturated carbocycles. The molecule has 0 bridgehead atoms. The number of aromatic amines is 1. The minimum atomic E-state index is -1.28. The number of rotatable bonds is 13. The number of nitrogens with one attached hydrogen (secondary N) is 3. The molecule has 3 amide bonds. The minimum Gasteiger partial charge on any atom is -0.480 e. The Morgan fingerprint density at radius 1 is 1.15 bits per heavy atom. The Balaban J connectivity index is 1.86. The zero-order valence-corrected chi connectivity index (χ0v) is 22.4. The zero-order valence-electron chi connectivity index (χ0n) is 22.4. The second kappa shape index (κ2) is 13.8. The van der Waals surface area contributed by atoms with E-state index in [9.17, 15) is 29.4 Å². The summed E-state index contributed by atoms with van der Waals surface area (Å²) >= 11 is 0. The van der Waals surface area contributed by atoms with Gasteiger partial charge in [-0.05, 0) is 44.2 Å². The number of hydrogen-bond donors (Lipinski definition) is 8. The van der Waals surface area contributed by atoms with Gasteiger partial charge in [-0.25, -0.2) is 4.79 Å². The number of amides is 3. The van der Waals surface area contributed by atoms with E-state index in [1.165, 1.54) is 11.8 Å². The van der Waals surface area contributed by atoms with Crippen LogP contribution in [0.25, 0.3) is 10.9 Å². The molecule has 2 aromatic rings. The Hall–Kier alpha value is -4.17. The van der Waals surface area contributed by atoms with Gasteiger partial charge in [0.05, 0.1) is 6.10 Å². The number of para-hydroxylation sites is 1. The molecule has 14 heteroatoms. The number of likely N-dealkylation sites (tertiary alicyclic amines) is 1. The van der Waals surface area contributed by atoms with Crippen LogP contribution in [0.4, 0.5) is 0 Å². The second-order valence-corrected chi connectivity index (χ2v) is 9.93. The van der Waals surface area contributed by atoms with Crippen LogP contribution < -0.4 is 27.8 Å². The standard InChI is InChI=1S/C26H38N8O6/c1-14(35)21(27)23(37)33-19(12-15-13-31-17-7-3-2-6-16(15)17)22(36)32-18(8-4-10-30-26(28)29)24(38)34-11-5-9-20(34)25(39)40/h2-3,6-7,13-14,18-21,31,35H,4-5,8-12,27H2,1H3,(H,32,36)(H,33,37)(H,39,40)(H4,28,29,30). The monoisotopic (exact) mass is 558 g/mol. The van der Waals surface area contributed by atoms with Crippen LogP contribution in [0.1, 0.15) is 38.2 Å². The normalized spacial score (nSPS) is 18.0. The zero-order chi connectivity index (χ0) is 29.4. The van der Waals surface area contributed by atoms with Crippen molar-refractivity contribution in [1.29, 1.82) is 0 Å². The number of carboxylic acids is 1. The van der Waals surface area contributed by atoms with Gasteiger partial charge < -0.3 is 47.9 Å². The number of aliphatic hydroxyl groups is 1. The molecule has 1 aromatic carbocycles. The fraction of sp³-hybridized carbons (Fsp3) is 0.500. The van der Waals surface area contributed by atoms with E-state index in [1.54, 1.807) is 6.20 Å². The van der Waals surface area contributed by atoms with E-state index >= 15 is 0 Å². The molecule has 40 heavy (non-hydrogen) atoms. The number of fused-ring (bicyclic) bond motifs is 1. The molecule has 1 aliphatic rings. The van der Waals surface area contributed by atoms with E-state index in [1.807, 2.05) is 24.3 Å². The van der Waals surface area contributed by atoms with Gasteiger partial charge in [-0.15, -0.1) is 0 Å². The van der Waals surface area contributed by atoms with Crippen LogP contribution in [0.2, 0.25) is 0 Å². The maximum Gasteiger partial charge on any atom is 0.326 e. The summed E-state index contributed by atoms with van der Waals surface area (Å²) in [5, 5.41) is 25.5. The average molecular weight is 559 g/mol. The number of carbonyl (C=O) groups is 4. The van der Waals surface area contributed by atoms with Crippen LogP contribution in [0.3, 0.4) is 0 Å². The number of guanidine groups is 1. The predicted octanol–water partition coefficient (Wildman–Crippen LogP) is -1.48. The van der Waals surface area contributed by atoms with Crippen LogP contribution in [0.15, 0.2) is 35.5 Å². The van der Waals surface area contributed by atoms with Gasteiger partial charge in [-0.1, -0.05) is 18.2 Å². The minimum absolute atomic E-state index is 0.0600. The maximum absolute atomic E-state index is 13.6. The molecule has 14 nitrogen and oxygen atoms in total. The molecule has 5 atom stereocenters. The number of benzene rings is 1. The van der Waals surface area contributed by atoms with Gasteiger partial charge >= 0.3 is 5.97 Å². The lowest BCUT2D eigenvalue weighted by Crippen LogP contribution is -2.58. The van der Waals surface area contributed by atoms with E-state index in [-0.39, 0.29) is 31.9 Å². The van der Waals surface area contributed by atoms with E-state index in [2.05, 4.69) is 20.6 Å². The van der Waals surface area contributed by atoms with Gasteiger partial charge in [0.25, 0.3) is 0 Å².